The second-order valence-electron chi connectivity index (χ2n) is 13.7. The lowest BCUT2D eigenvalue weighted by atomic mass is 10.1. The summed E-state index contributed by atoms with van der Waals surface area (Å²) < 4.78 is 41.3. The molecule has 3 aliphatic rings. The molecule has 0 saturated heterocycles. The molecule has 0 saturated carbocycles. The Morgan fingerprint density at radius 1 is 0.864 bits per heavy atom. The number of rotatable bonds is 10. The van der Waals surface area contributed by atoms with Crippen LogP contribution in [0.5, 0.6) is 5.75 Å². The van der Waals surface area contributed by atoms with E-state index in [1.54, 1.807) is 42.5 Å². The lowest BCUT2D eigenvalue weighted by Crippen LogP contribution is -2.51. The Balaban J connectivity index is 0.993. The number of amides is 4. The summed E-state index contributed by atoms with van der Waals surface area (Å²) in [7, 11) is 1.51. The molecule has 2 aliphatic heterocycles. The summed E-state index contributed by atoms with van der Waals surface area (Å²) in [6, 6.07) is 11.5. The lowest BCUT2D eigenvalue weighted by Gasteiger charge is -2.25. The van der Waals surface area contributed by atoms with Crippen LogP contribution in [-0.2, 0) is 22.6 Å². The van der Waals surface area contributed by atoms with Crippen molar-refractivity contribution in [2.75, 3.05) is 30.0 Å². The Morgan fingerprint density at radius 2 is 1.64 bits per heavy atom. The molecule has 6 aromatic rings. The summed E-state index contributed by atoms with van der Waals surface area (Å²) >= 11 is 0. The first-order chi connectivity index (χ1) is 28.6. The fourth-order valence-corrected chi connectivity index (χ4v) is 7.10. The van der Waals surface area contributed by atoms with Gasteiger partial charge in [-0.3, -0.25) is 33.7 Å². The van der Waals surface area contributed by atoms with Crippen LogP contribution in [-0.4, -0.2) is 95.8 Å². The molecule has 0 fully saturated rings. The third-order valence-electron chi connectivity index (χ3n) is 9.95. The molecule has 59 heavy (non-hydrogen) atoms. The molecule has 0 spiro atoms. The van der Waals surface area contributed by atoms with Crippen LogP contribution in [0.2, 0.25) is 0 Å². The van der Waals surface area contributed by atoms with Gasteiger partial charge in [-0.1, -0.05) is 24.3 Å². The summed E-state index contributed by atoms with van der Waals surface area (Å²) in [6.07, 6.45) is 7.12. The SMILES string of the molecule is CN1C(=O)[C@@H](NC(=O)c2nnc(Cc3ccc(F)cc3)o2)C2=C(CN3C(=O)[C@@H](NC(=O)c4nn(Cc5ncccn5)cc4F)COc4ccccc43)[C@H]2c2nccnc21. The summed E-state index contributed by atoms with van der Waals surface area (Å²) in [4.78, 5) is 75.5. The third-order valence-corrected chi connectivity index (χ3v) is 9.95. The number of halogens is 2. The largest absolute Gasteiger partial charge is 0.489 e. The van der Waals surface area contributed by atoms with Crippen LogP contribution in [0, 0.1) is 11.6 Å². The van der Waals surface area contributed by atoms with Crippen LogP contribution < -0.4 is 25.2 Å². The van der Waals surface area contributed by atoms with E-state index in [-0.39, 0.29) is 37.8 Å². The van der Waals surface area contributed by atoms with Crippen molar-refractivity contribution in [2.45, 2.75) is 31.0 Å². The summed E-state index contributed by atoms with van der Waals surface area (Å²) in [5, 5.41) is 17.2. The van der Waals surface area contributed by atoms with Gasteiger partial charge in [-0.25, -0.2) is 23.7 Å². The summed E-state index contributed by atoms with van der Waals surface area (Å²) in [6.45, 7) is -0.413. The zero-order valence-electron chi connectivity index (χ0n) is 30.8. The van der Waals surface area contributed by atoms with E-state index in [0.29, 0.717) is 39.7 Å². The maximum atomic E-state index is 15.1. The van der Waals surface area contributed by atoms with E-state index < -0.39 is 64.8 Å². The van der Waals surface area contributed by atoms with Crippen LogP contribution >= 0.6 is 0 Å². The third kappa shape index (κ3) is 7.11. The summed E-state index contributed by atoms with van der Waals surface area (Å²) in [5.41, 5.74) is 1.95. The maximum absolute atomic E-state index is 15.1. The normalized spacial score (nSPS) is 18.3. The monoisotopic (exact) mass is 800 g/mol. The van der Waals surface area contributed by atoms with Crippen molar-refractivity contribution < 1.29 is 37.1 Å². The average molecular weight is 801 g/mol. The van der Waals surface area contributed by atoms with E-state index in [4.69, 9.17) is 9.15 Å². The minimum absolute atomic E-state index is 0.00106. The predicted molar refractivity (Wildman–Crippen MR) is 199 cm³/mol. The van der Waals surface area contributed by atoms with Gasteiger partial charge in [0.25, 0.3) is 17.7 Å². The fraction of sp³-hybridized carbons (Fsp3) is 0.205. The Hall–Kier alpha value is -7.77. The number of likely N-dealkylation sites (N-methyl/N-ethyl adjacent to an activating group) is 1. The molecule has 2 N–H and O–H groups in total. The van der Waals surface area contributed by atoms with Gasteiger partial charge in [-0.15, -0.1) is 10.2 Å². The molecule has 6 heterocycles. The number of nitrogens with zero attached hydrogens (tertiary/aromatic N) is 10. The molecule has 0 bridgehead atoms. The van der Waals surface area contributed by atoms with Crippen LogP contribution in [0.3, 0.4) is 0 Å². The number of anilines is 2. The first-order valence-electron chi connectivity index (χ1n) is 18.1. The minimum atomic E-state index is -1.30. The molecular formula is C39H30F2N12O6. The Kier molecular flexibility index (Phi) is 9.34. The molecule has 3 atom stereocenters. The topological polar surface area (TPSA) is 216 Å². The van der Waals surface area contributed by atoms with Gasteiger partial charge in [0, 0.05) is 38.4 Å². The number of aromatic nitrogens is 8. The second kappa shape index (κ2) is 15.0. The maximum Gasteiger partial charge on any atom is 0.309 e. The molecule has 2 aromatic carbocycles. The van der Waals surface area contributed by atoms with Gasteiger partial charge in [0.05, 0.1) is 29.9 Å². The number of hydrogen-bond donors (Lipinski definition) is 2. The van der Waals surface area contributed by atoms with Crippen LogP contribution in [0.15, 0.2) is 101 Å². The number of carbonyl (C=O) groups excluding carboxylic acids is 4. The number of nitrogens with one attached hydrogen (secondary N) is 2. The van der Waals surface area contributed by atoms with E-state index in [0.717, 1.165) is 6.20 Å². The predicted octanol–water partition coefficient (Wildman–Crippen LogP) is 2.16. The Labute approximate surface area is 332 Å². The molecule has 9 rings (SSSR count). The number of fused-ring (bicyclic) bond motifs is 4. The molecule has 0 radical (unpaired) electrons. The van der Waals surface area contributed by atoms with E-state index in [2.05, 4.69) is 45.9 Å². The number of carbonyl (C=O) groups is 4. The number of hydrogen-bond acceptors (Lipinski definition) is 13. The lowest BCUT2D eigenvalue weighted by molar-refractivity contribution is -0.120. The van der Waals surface area contributed by atoms with Crippen molar-refractivity contribution in [3.8, 4) is 5.75 Å². The average Bonchev–Trinajstić information content (AvgIpc) is 3.59. The van der Waals surface area contributed by atoms with Gasteiger partial charge < -0.3 is 24.7 Å². The minimum Gasteiger partial charge on any atom is -0.489 e. The summed E-state index contributed by atoms with van der Waals surface area (Å²) in [5.74, 6) is -4.27. The van der Waals surface area contributed by atoms with Crippen molar-refractivity contribution in [2.24, 2.45) is 0 Å². The van der Waals surface area contributed by atoms with E-state index >= 15 is 4.39 Å². The molecule has 4 aromatic heterocycles. The van der Waals surface area contributed by atoms with Crippen LogP contribution in [0.1, 0.15) is 50.1 Å². The van der Waals surface area contributed by atoms with Gasteiger partial charge >= 0.3 is 11.8 Å². The molecule has 20 heteroatoms. The van der Waals surface area contributed by atoms with Gasteiger partial charge in [-0.05, 0) is 47.0 Å². The highest BCUT2D eigenvalue weighted by molar-refractivity contribution is 6.07. The Morgan fingerprint density at radius 3 is 2.46 bits per heavy atom. The zero-order chi connectivity index (χ0) is 40.8. The van der Waals surface area contributed by atoms with Gasteiger partial charge in [-0.2, -0.15) is 5.10 Å². The number of benzene rings is 2. The van der Waals surface area contributed by atoms with E-state index in [1.165, 1.54) is 58.4 Å². The van der Waals surface area contributed by atoms with Gasteiger partial charge in [0.2, 0.25) is 5.89 Å². The van der Waals surface area contributed by atoms with Crippen LogP contribution in [0.4, 0.5) is 20.3 Å². The van der Waals surface area contributed by atoms with Crippen molar-refractivity contribution >= 4 is 35.1 Å². The van der Waals surface area contributed by atoms with Crippen molar-refractivity contribution in [3.63, 3.8) is 0 Å². The van der Waals surface area contributed by atoms with Crippen molar-refractivity contribution in [3.05, 3.63) is 143 Å². The zero-order valence-corrected chi connectivity index (χ0v) is 30.8. The molecule has 296 valence electrons. The van der Waals surface area contributed by atoms with E-state index in [1.807, 2.05) is 0 Å². The first-order valence-corrected chi connectivity index (χ1v) is 18.1. The van der Waals surface area contributed by atoms with Crippen molar-refractivity contribution in [1.29, 1.82) is 0 Å². The highest BCUT2D eigenvalue weighted by Crippen LogP contribution is 2.54. The van der Waals surface area contributed by atoms with Crippen molar-refractivity contribution in [1.82, 2.24) is 50.5 Å². The molecule has 4 amide bonds. The highest BCUT2D eigenvalue weighted by Gasteiger charge is 2.53. The van der Waals surface area contributed by atoms with Crippen LogP contribution in [0.25, 0.3) is 0 Å². The standard InChI is InChI=1S/C39H30F2N12O6/c1-51-34-32(44-13-14-45-34)29-22(30(29)33(39(51)57)47-36(55)37-49-48-28(59-37)15-20-7-9-21(40)10-8-20)16-53-25-5-2-3-6-26(25)58-19-24(38(53)56)46-35(54)31-23(41)17-52(50-31)18-27-42-11-4-12-43-27/h2-14,17,24,29,33H,15-16,18-19H2,1H3,(H,46,54)(H,47,55)/t24-,29+,33-/m0/s1. The number of ether oxygens (including phenoxy) is 1. The van der Waals surface area contributed by atoms with Gasteiger partial charge in [0.1, 0.15) is 42.6 Å². The van der Waals surface area contributed by atoms with Gasteiger partial charge in [0.15, 0.2) is 17.3 Å². The molecule has 18 nitrogen and oxygen atoms in total. The first kappa shape index (κ1) is 36.8. The quantitative estimate of drug-likeness (QED) is 0.190. The van der Waals surface area contributed by atoms with E-state index in [9.17, 15) is 23.6 Å². The second-order valence-corrected chi connectivity index (χ2v) is 13.7. The number of para-hydroxylation sites is 2. The molecular weight excluding hydrogens is 771 g/mol. The molecule has 1 aliphatic carbocycles. The fourth-order valence-electron chi connectivity index (χ4n) is 7.10. The Bertz CT molecular complexity index is 2670. The molecule has 0 unspecified atom stereocenters. The smallest absolute Gasteiger partial charge is 0.309 e. The highest BCUT2D eigenvalue weighted by atomic mass is 19.1.